The van der Waals surface area contributed by atoms with Crippen molar-refractivity contribution in [3.63, 3.8) is 0 Å². The summed E-state index contributed by atoms with van der Waals surface area (Å²) in [6.07, 6.45) is 3.16. The van der Waals surface area contributed by atoms with E-state index in [9.17, 15) is 4.79 Å². The Morgan fingerprint density at radius 3 is 2.89 bits per heavy atom. The van der Waals surface area contributed by atoms with Gasteiger partial charge in [0, 0.05) is 29.9 Å². The van der Waals surface area contributed by atoms with Gasteiger partial charge in [-0.1, -0.05) is 24.6 Å². The Morgan fingerprint density at radius 2 is 2.14 bits per heavy atom. The van der Waals surface area contributed by atoms with Crippen LogP contribution >= 0.6 is 11.6 Å². The maximum atomic E-state index is 13.1. The zero-order chi connectivity index (χ0) is 26.2. The van der Waals surface area contributed by atoms with Crippen molar-refractivity contribution in [2.75, 3.05) is 38.8 Å². The average molecular weight is 527 g/mol. The molecule has 10 heteroatoms. The number of anilines is 2. The lowest BCUT2D eigenvalue weighted by molar-refractivity contribution is -0.181. The lowest BCUT2D eigenvalue weighted by Crippen LogP contribution is -2.44. The van der Waals surface area contributed by atoms with Crippen LogP contribution in [0.3, 0.4) is 0 Å². The van der Waals surface area contributed by atoms with Gasteiger partial charge in [-0.2, -0.15) is 0 Å². The Bertz CT molecular complexity index is 1300. The highest BCUT2D eigenvalue weighted by atomic mass is 35.5. The minimum atomic E-state index is -0.307. The van der Waals surface area contributed by atoms with E-state index < -0.39 is 0 Å². The number of rotatable bonds is 7. The number of carbonyl (C=O) groups is 1. The summed E-state index contributed by atoms with van der Waals surface area (Å²) in [6, 6.07) is 7.28. The first-order chi connectivity index (χ1) is 17.8. The standard InChI is InChI=1S/C27H31ClN4O5/c1-15-10-30-26(33)21-22(15)32-23(24(21)31-19-7-5-6-18(28)25(19)34-4)17-8-9-29-11-20(17)35-12-16-13-37-27(2,3)14-36-16/h5-9,11,15-16,31-32H,10,12-14H2,1-4H3,(H,30,33)/t15-,16+/m0/s1. The monoisotopic (exact) mass is 526 g/mol. The number of nitrogens with zero attached hydrogens (tertiary/aromatic N) is 1. The van der Waals surface area contributed by atoms with E-state index in [1.165, 1.54) is 0 Å². The summed E-state index contributed by atoms with van der Waals surface area (Å²) in [6.45, 7) is 7.84. The van der Waals surface area contributed by atoms with Gasteiger partial charge in [0.05, 0.1) is 59.8 Å². The van der Waals surface area contributed by atoms with E-state index in [-0.39, 0.29) is 23.5 Å². The largest absolute Gasteiger partial charge is 0.493 e. The Hall–Kier alpha value is -3.27. The summed E-state index contributed by atoms with van der Waals surface area (Å²) in [7, 11) is 1.56. The SMILES string of the molecule is COc1c(Cl)cccc1Nc1c(-c2ccncc2OC[C@@H]2COC(C)(C)CO2)[nH]c2c1C(=O)NC[C@@H]2C. The molecular weight excluding hydrogens is 496 g/mol. The second kappa shape index (κ2) is 10.2. The Labute approximate surface area is 220 Å². The van der Waals surface area contributed by atoms with Gasteiger partial charge in [0.2, 0.25) is 0 Å². The van der Waals surface area contributed by atoms with E-state index in [0.29, 0.717) is 65.5 Å². The summed E-state index contributed by atoms with van der Waals surface area (Å²) in [5.74, 6) is 0.971. The third-order valence-corrected chi connectivity index (χ3v) is 6.85. The fourth-order valence-corrected chi connectivity index (χ4v) is 4.80. The number of ether oxygens (including phenoxy) is 4. The maximum Gasteiger partial charge on any atom is 0.255 e. The lowest BCUT2D eigenvalue weighted by Gasteiger charge is -2.34. The first-order valence-corrected chi connectivity index (χ1v) is 12.6. The van der Waals surface area contributed by atoms with Gasteiger partial charge >= 0.3 is 0 Å². The van der Waals surface area contributed by atoms with Crippen molar-refractivity contribution in [1.29, 1.82) is 0 Å². The second-order valence-electron chi connectivity index (χ2n) is 9.91. The fourth-order valence-electron chi connectivity index (χ4n) is 4.54. The van der Waals surface area contributed by atoms with Crippen molar-refractivity contribution in [3.05, 3.63) is 52.9 Å². The number of aromatic nitrogens is 2. The smallest absolute Gasteiger partial charge is 0.255 e. The van der Waals surface area contributed by atoms with Gasteiger partial charge in [0.25, 0.3) is 5.91 Å². The van der Waals surface area contributed by atoms with Crippen molar-refractivity contribution >= 4 is 28.9 Å². The number of aromatic amines is 1. The molecule has 1 aromatic carbocycles. The van der Waals surface area contributed by atoms with Crippen LogP contribution in [0.4, 0.5) is 11.4 Å². The van der Waals surface area contributed by atoms with Crippen LogP contribution in [0.25, 0.3) is 11.3 Å². The molecule has 2 aliphatic heterocycles. The Morgan fingerprint density at radius 1 is 1.30 bits per heavy atom. The highest BCUT2D eigenvalue weighted by Gasteiger charge is 2.33. The molecule has 37 heavy (non-hydrogen) atoms. The van der Waals surface area contributed by atoms with E-state index in [4.69, 9.17) is 30.5 Å². The van der Waals surface area contributed by atoms with Crippen molar-refractivity contribution in [2.24, 2.45) is 0 Å². The van der Waals surface area contributed by atoms with Gasteiger partial charge in [0.15, 0.2) is 5.75 Å². The number of hydrogen-bond donors (Lipinski definition) is 3. The molecule has 9 nitrogen and oxygen atoms in total. The maximum absolute atomic E-state index is 13.1. The van der Waals surface area contributed by atoms with Crippen LogP contribution in [-0.4, -0.2) is 61.1 Å². The molecule has 0 spiro atoms. The molecule has 196 valence electrons. The minimum absolute atomic E-state index is 0.0885. The van der Waals surface area contributed by atoms with Crippen molar-refractivity contribution in [1.82, 2.24) is 15.3 Å². The number of pyridine rings is 1. The molecule has 1 amide bonds. The number of nitrogens with one attached hydrogen (secondary N) is 3. The average Bonchev–Trinajstić information content (AvgIpc) is 3.26. The number of benzene rings is 1. The molecule has 3 N–H and O–H groups in total. The predicted molar refractivity (Wildman–Crippen MR) is 141 cm³/mol. The van der Waals surface area contributed by atoms with Crippen molar-refractivity contribution in [3.8, 4) is 22.8 Å². The van der Waals surface area contributed by atoms with Gasteiger partial charge < -0.3 is 34.6 Å². The fraction of sp³-hybridized carbons (Fsp3) is 0.407. The van der Waals surface area contributed by atoms with Gasteiger partial charge in [0.1, 0.15) is 18.5 Å². The molecule has 3 aromatic rings. The predicted octanol–water partition coefficient (Wildman–Crippen LogP) is 4.90. The van der Waals surface area contributed by atoms with Gasteiger partial charge in [-0.25, -0.2) is 0 Å². The highest BCUT2D eigenvalue weighted by molar-refractivity contribution is 6.32. The number of fused-ring (bicyclic) bond motifs is 1. The molecule has 2 aromatic heterocycles. The summed E-state index contributed by atoms with van der Waals surface area (Å²) in [5.41, 5.74) is 3.78. The van der Waals surface area contributed by atoms with Crippen LogP contribution < -0.4 is 20.1 Å². The second-order valence-corrected chi connectivity index (χ2v) is 10.3. The summed E-state index contributed by atoms with van der Waals surface area (Å²) in [5, 5.41) is 6.85. The third-order valence-electron chi connectivity index (χ3n) is 6.55. The molecule has 2 aliphatic rings. The van der Waals surface area contributed by atoms with E-state index in [2.05, 4.69) is 27.5 Å². The molecule has 0 radical (unpaired) electrons. The lowest BCUT2D eigenvalue weighted by atomic mass is 9.98. The Balaban J connectivity index is 1.53. The minimum Gasteiger partial charge on any atom is -0.493 e. The summed E-state index contributed by atoms with van der Waals surface area (Å²) < 4.78 is 23.5. The molecule has 1 fully saturated rings. The molecular formula is C27H31ClN4O5. The topological polar surface area (TPSA) is 107 Å². The summed E-state index contributed by atoms with van der Waals surface area (Å²) >= 11 is 6.38. The summed E-state index contributed by atoms with van der Waals surface area (Å²) in [4.78, 5) is 20.8. The van der Waals surface area contributed by atoms with Crippen LogP contribution in [0.2, 0.25) is 5.02 Å². The van der Waals surface area contributed by atoms with E-state index in [1.54, 1.807) is 25.6 Å². The quantitative estimate of drug-likeness (QED) is 0.402. The van der Waals surface area contributed by atoms with E-state index >= 15 is 0 Å². The molecule has 0 bridgehead atoms. The number of hydrogen-bond acceptors (Lipinski definition) is 7. The molecule has 5 rings (SSSR count). The molecule has 0 saturated carbocycles. The van der Waals surface area contributed by atoms with E-state index in [1.807, 2.05) is 32.0 Å². The number of carbonyl (C=O) groups excluding carboxylic acids is 1. The normalized spacial score (nSPS) is 20.6. The number of H-pyrrole nitrogens is 1. The number of amides is 1. The van der Waals surface area contributed by atoms with Crippen LogP contribution in [0.1, 0.15) is 42.7 Å². The van der Waals surface area contributed by atoms with Crippen LogP contribution in [0.5, 0.6) is 11.5 Å². The molecule has 0 aliphatic carbocycles. The van der Waals surface area contributed by atoms with Gasteiger partial charge in [-0.15, -0.1) is 0 Å². The number of methoxy groups -OCH3 is 1. The van der Waals surface area contributed by atoms with Crippen molar-refractivity contribution in [2.45, 2.75) is 38.4 Å². The Kier molecular flexibility index (Phi) is 7.02. The first kappa shape index (κ1) is 25.4. The highest BCUT2D eigenvalue weighted by Crippen LogP contribution is 2.44. The van der Waals surface area contributed by atoms with E-state index in [0.717, 1.165) is 11.3 Å². The van der Waals surface area contributed by atoms with Gasteiger partial charge in [-0.05, 0) is 32.0 Å². The molecule has 4 heterocycles. The van der Waals surface area contributed by atoms with Crippen LogP contribution in [-0.2, 0) is 9.47 Å². The molecule has 2 atom stereocenters. The van der Waals surface area contributed by atoms with Crippen LogP contribution in [0, 0.1) is 0 Å². The van der Waals surface area contributed by atoms with Gasteiger partial charge in [-0.3, -0.25) is 9.78 Å². The zero-order valence-corrected chi connectivity index (χ0v) is 22.1. The number of para-hydroxylation sites is 1. The van der Waals surface area contributed by atoms with Crippen LogP contribution in [0.15, 0.2) is 36.7 Å². The first-order valence-electron chi connectivity index (χ1n) is 12.2. The van der Waals surface area contributed by atoms with Crippen molar-refractivity contribution < 1.29 is 23.7 Å². The zero-order valence-electron chi connectivity index (χ0n) is 21.3. The molecule has 1 saturated heterocycles. The molecule has 0 unspecified atom stereocenters. The third kappa shape index (κ3) is 5.12. The number of halogens is 1.